The molecule has 2 aromatic carbocycles. The Morgan fingerprint density at radius 1 is 0.600 bits per heavy atom. The lowest BCUT2D eigenvalue weighted by atomic mass is 10.0. The van der Waals surface area contributed by atoms with E-state index in [2.05, 4.69) is 91.0 Å². The van der Waals surface area contributed by atoms with E-state index in [0.29, 0.717) is 34.9 Å². The number of guanidine groups is 1. The highest BCUT2D eigenvalue weighted by Crippen LogP contribution is 2.24. The second kappa shape index (κ2) is 55.6. The number of nitrogens with two attached hydrogens (primary N) is 3. The van der Waals surface area contributed by atoms with Crippen LogP contribution in [0.4, 0.5) is 0 Å². The summed E-state index contributed by atoms with van der Waals surface area (Å²) in [6.07, 6.45) is 6.23. The fraction of sp³-hybridized carbons (Fsp3) is 0.605. The number of H-pyrrole nitrogens is 2. The predicted octanol–water partition coefficient (Wildman–Crippen LogP) is -2.57. The first-order valence-electron chi connectivity index (χ1n) is 44.6. The van der Waals surface area contributed by atoms with Crippen molar-refractivity contribution in [1.29, 1.82) is 5.41 Å². The number of nitrogens with one attached hydrogen (secondary N) is 17. The minimum atomic E-state index is -4.11. The fourth-order valence-corrected chi connectivity index (χ4v) is 16.0. The van der Waals surface area contributed by atoms with Crippen LogP contribution in [0.1, 0.15) is 211 Å². The predicted molar refractivity (Wildman–Crippen MR) is 476 cm³/mol. The van der Waals surface area contributed by atoms with Crippen molar-refractivity contribution in [2.75, 3.05) is 31.9 Å². The summed E-state index contributed by atoms with van der Waals surface area (Å²) in [5, 5.41) is 75.0. The maximum Gasteiger partial charge on any atom is 0.245 e. The van der Waals surface area contributed by atoms with E-state index >= 15 is 14.4 Å². The van der Waals surface area contributed by atoms with Gasteiger partial charge < -0.3 is 117 Å². The minimum Gasteiger partial charge on any atom is -0.391 e. The van der Waals surface area contributed by atoms with Gasteiger partial charge in [0.05, 0.1) is 42.6 Å². The van der Waals surface area contributed by atoms with Crippen molar-refractivity contribution in [2.45, 2.75) is 299 Å². The number of unbranched alkanes of at least 4 members (excludes halogenated alkanes) is 10. The number of hydrogen-bond acceptors (Lipinski definition) is 23. The van der Waals surface area contributed by atoms with E-state index in [1.54, 1.807) is 67.7 Å². The van der Waals surface area contributed by atoms with E-state index in [0.717, 1.165) is 50.9 Å². The summed E-state index contributed by atoms with van der Waals surface area (Å²) in [5.41, 5.74) is 18.9. The summed E-state index contributed by atoms with van der Waals surface area (Å²) < 4.78 is 27.3. The number of amides is 16. The number of nitrogens with zero attached hydrogens (tertiary/aromatic N) is 2. The number of imidazole rings is 1. The maximum absolute atomic E-state index is 15.4. The van der Waals surface area contributed by atoms with Gasteiger partial charge in [0.15, 0.2) is 5.96 Å². The third-order valence-corrected chi connectivity index (χ3v) is 23.5. The fourth-order valence-electron chi connectivity index (χ4n) is 14.9. The van der Waals surface area contributed by atoms with Gasteiger partial charge in [-0.25, -0.2) is 13.4 Å². The van der Waals surface area contributed by atoms with Crippen LogP contribution >= 0.6 is 0 Å². The van der Waals surface area contributed by atoms with Gasteiger partial charge in [0, 0.05) is 94.3 Å². The van der Waals surface area contributed by atoms with Crippen molar-refractivity contribution in [1.82, 2.24) is 93.7 Å². The average Bonchev–Trinajstić information content (AvgIpc) is 1.64. The van der Waals surface area contributed by atoms with Gasteiger partial charge in [-0.3, -0.25) is 86.8 Å². The van der Waals surface area contributed by atoms with Gasteiger partial charge in [-0.1, -0.05) is 133 Å². The summed E-state index contributed by atoms with van der Waals surface area (Å²) in [5.74, 6) is -16.5. The molecule has 2 aromatic heterocycles. The zero-order valence-corrected chi connectivity index (χ0v) is 75.1. The van der Waals surface area contributed by atoms with Crippen molar-refractivity contribution in [3.8, 4) is 0 Å². The minimum absolute atomic E-state index is 0.00838. The lowest BCUT2D eigenvalue weighted by Gasteiger charge is -2.31. The first-order valence-corrected chi connectivity index (χ1v) is 46.3. The van der Waals surface area contributed by atoms with Gasteiger partial charge in [0.2, 0.25) is 105 Å². The number of benzene rings is 2. The van der Waals surface area contributed by atoms with E-state index in [-0.39, 0.29) is 95.4 Å². The number of aliphatic hydroxyl groups is 3. The normalized spacial score (nSPS) is 19.7. The number of aromatic nitrogens is 3. The smallest absolute Gasteiger partial charge is 0.245 e. The molecule has 43 nitrogen and oxygen atoms in total. The lowest BCUT2D eigenvalue weighted by molar-refractivity contribution is -0.143. The number of para-hydroxylation sites is 1. The quantitative estimate of drug-likeness (QED) is 0.0123. The molecule has 6 rings (SSSR count). The molecule has 0 saturated carbocycles. The summed E-state index contributed by atoms with van der Waals surface area (Å²) in [7, 11) is -4.11. The molecule has 2 aliphatic heterocycles. The second-order valence-electron chi connectivity index (χ2n) is 33.0. The van der Waals surface area contributed by atoms with Crippen LogP contribution in [0.5, 0.6) is 0 Å². The third-order valence-electron chi connectivity index (χ3n) is 22.1. The van der Waals surface area contributed by atoms with Crippen molar-refractivity contribution >= 4 is 121 Å². The molecule has 130 heavy (non-hydrogen) atoms. The highest BCUT2D eigenvalue weighted by molar-refractivity contribution is 7.90. The number of fused-ring (bicyclic) bond motifs is 2. The average molecular weight is 1840 g/mol. The molecule has 4 aromatic rings. The number of rotatable bonds is 48. The molecule has 4 heterocycles. The van der Waals surface area contributed by atoms with Gasteiger partial charge in [0.25, 0.3) is 0 Å². The van der Waals surface area contributed by atoms with Crippen LogP contribution in [-0.2, 0) is 106 Å². The number of primary amides is 2. The molecule has 0 unspecified atom stereocenters. The van der Waals surface area contributed by atoms with Gasteiger partial charge in [-0.15, -0.1) is 0 Å². The van der Waals surface area contributed by atoms with Crippen LogP contribution in [0, 0.1) is 5.41 Å². The Bertz CT molecular complexity index is 4560. The van der Waals surface area contributed by atoms with Crippen LogP contribution in [0.15, 0.2) is 73.3 Å². The monoisotopic (exact) mass is 1840 g/mol. The molecule has 2 saturated heterocycles. The molecule has 26 N–H and O–H groups in total. The molecule has 718 valence electrons. The zero-order chi connectivity index (χ0) is 95.4. The highest BCUT2D eigenvalue weighted by Gasteiger charge is 2.45. The van der Waals surface area contributed by atoms with Crippen LogP contribution in [0.25, 0.3) is 10.9 Å². The SMILES string of the molecule is CCCCCCCCCCCCC(=O)NS(=O)(=O)CCCC(=O)NCC(=O)N[C@H](C(=O)N[C@H](CCC(N)=O)C(=O)N[C@@H](Cc1c[nH]cn1)C(=O)N[C@H](C(=O)N[C@@H](CCCC)C(=O)N[C@H]1CCC(=O)NCCCC[C@@H](C(N)=O)NC(=O)[C@H](Cc2c[nH]c3ccccc23)NC(=O)[C@H](CCCNC(=N)N)NC(=O)[C@@H](Cc2ccccc2)NC(=O)[C@@H]2C[C@@H](O)CN2C1=O)[C@@H](C)O)[C@@H](C)O. The standard InChI is InChI=1S/C86H132N22O21S/c1-5-7-9-10-11-12-13-14-15-19-33-71(115)107-130(128,129)41-25-34-69(113)95-48-72(116)105-73(51(3)109)83(125)100-62(35-37-68(87)112)78(120)103-66(44-55-47-91-50-96-55)81(123)106-74(52(4)110)84(126)99-60(29-8-6-2)76(118)101-63-36-38-70(114)92-39-23-22-31-59(75(88)117)97-80(122)65(43-54-46-94-58-30-21-20-28-57(54)58)102-77(119)61(32-24-40-93-86(89)90)98-79(121)64(42-53-26-17-16-18-27-53)104-82(124)67-45-56(111)49-108(67)85(63)127/h16-18,20-21,26-28,30,46-47,50-52,56,59-67,73-74,94,109-111H,5-15,19,22-25,29,31-45,48-49H2,1-4H3,(H2,87,112)(H2,88,117)(H,91,96)(H,92,114)(H,95,113)(H,97,122)(H,98,121)(H,99,126)(H,100,125)(H,101,118)(H,102,119)(H,103,120)(H,104,124)(H,105,116)(H,106,123)(H,107,115)(H4,89,90,93)/t51-,52-,56-,59+,60+,61+,62-,63+,64-,65+,66+,67+,73+,74+/m1/s1. The number of sulfonamides is 1. The number of hydrogen-bond donors (Lipinski definition) is 23. The van der Waals surface area contributed by atoms with Crippen LogP contribution < -0.4 is 91.0 Å². The molecule has 0 bridgehead atoms. The molecule has 0 radical (unpaired) electrons. The van der Waals surface area contributed by atoms with E-state index < -0.39 is 253 Å². The number of aromatic amines is 2. The third kappa shape index (κ3) is 37.9. The van der Waals surface area contributed by atoms with Gasteiger partial charge >= 0.3 is 0 Å². The van der Waals surface area contributed by atoms with E-state index in [4.69, 9.17) is 22.6 Å². The number of aliphatic hydroxyl groups excluding tert-OH is 3. The molecule has 14 atom stereocenters. The Balaban J connectivity index is 1.19. The Labute approximate surface area is 755 Å². The molecule has 2 aliphatic rings. The van der Waals surface area contributed by atoms with Gasteiger partial charge in [-0.2, -0.15) is 0 Å². The largest absolute Gasteiger partial charge is 0.391 e. The van der Waals surface area contributed by atoms with Crippen molar-refractivity contribution in [3.63, 3.8) is 0 Å². The topological polar surface area (TPSA) is 686 Å². The van der Waals surface area contributed by atoms with Crippen molar-refractivity contribution < 1.29 is 100 Å². The van der Waals surface area contributed by atoms with Crippen molar-refractivity contribution in [2.24, 2.45) is 17.2 Å². The summed E-state index contributed by atoms with van der Waals surface area (Å²) in [4.78, 5) is 236. The molecule has 44 heteroatoms. The van der Waals surface area contributed by atoms with E-state index in [9.17, 15) is 86.1 Å². The molecular weight excluding hydrogens is 1710 g/mol. The summed E-state index contributed by atoms with van der Waals surface area (Å²) in [6.45, 7) is 4.79. The maximum atomic E-state index is 15.4. The molecular formula is C86H132N22O21S. The lowest BCUT2D eigenvalue weighted by Crippen LogP contribution is -2.62. The Morgan fingerprint density at radius 3 is 1.84 bits per heavy atom. The molecule has 2 fully saturated rings. The molecule has 0 aliphatic carbocycles. The first kappa shape index (κ1) is 107. The van der Waals surface area contributed by atoms with Crippen LogP contribution in [0.2, 0.25) is 0 Å². The molecule has 0 spiro atoms. The Kier molecular flexibility index (Phi) is 45.6. The van der Waals surface area contributed by atoms with E-state index in [1.165, 1.54) is 38.2 Å². The van der Waals surface area contributed by atoms with Crippen molar-refractivity contribution in [3.05, 3.63) is 90.1 Å². The Hall–Kier alpha value is -12.2. The zero-order valence-electron chi connectivity index (χ0n) is 74.3. The van der Waals surface area contributed by atoms with Crippen LogP contribution in [-0.4, -0.2) is 261 Å². The molecule has 16 amide bonds. The second-order valence-corrected chi connectivity index (χ2v) is 34.8. The van der Waals surface area contributed by atoms with E-state index in [1.807, 2.05) is 4.72 Å². The van der Waals surface area contributed by atoms with Crippen LogP contribution in [0.3, 0.4) is 0 Å². The highest BCUT2D eigenvalue weighted by atomic mass is 32.2. The van der Waals surface area contributed by atoms with Gasteiger partial charge in [-0.05, 0) is 95.2 Å². The summed E-state index contributed by atoms with van der Waals surface area (Å²) >= 11 is 0. The van der Waals surface area contributed by atoms with Gasteiger partial charge in [0.1, 0.15) is 66.5 Å². The summed E-state index contributed by atoms with van der Waals surface area (Å²) in [6, 6.07) is -2.56. The number of carbonyl (C=O) groups excluding carboxylic acids is 16. The Morgan fingerprint density at radius 2 is 1.19 bits per heavy atom. The first-order chi connectivity index (χ1) is 62.0. The number of carbonyl (C=O) groups is 16.